The predicted molar refractivity (Wildman–Crippen MR) is 78.3 cm³/mol. The number of hydrogen-bond donors (Lipinski definition) is 1. The summed E-state index contributed by atoms with van der Waals surface area (Å²) in [6.45, 7) is 3.42. The molecule has 0 saturated heterocycles. The van der Waals surface area contributed by atoms with Gasteiger partial charge in [-0.1, -0.05) is 23.2 Å². The van der Waals surface area contributed by atoms with E-state index in [-0.39, 0.29) is 33.2 Å². The minimum Gasteiger partial charge on any atom is -0.488 e. The lowest BCUT2D eigenvalue weighted by Crippen LogP contribution is -2.40. The Kier molecular flexibility index (Phi) is 4.73. The van der Waals surface area contributed by atoms with Crippen molar-refractivity contribution in [2.75, 3.05) is 0 Å². The fraction of sp³-hybridized carbons (Fsp3) is 0.357. The third-order valence-electron chi connectivity index (χ3n) is 2.90. The highest BCUT2D eigenvalue weighted by atomic mass is 35.5. The fourth-order valence-electron chi connectivity index (χ4n) is 2.01. The minimum atomic E-state index is -4.89. The Morgan fingerprint density at radius 1 is 1.39 bits per heavy atom. The Hall–Kier alpha value is -1.60. The van der Waals surface area contributed by atoms with Crippen molar-refractivity contribution in [3.63, 3.8) is 0 Å². The second kappa shape index (κ2) is 6.13. The average Bonchev–Trinajstić information content (AvgIpc) is 2.40. The first-order valence-corrected chi connectivity index (χ1v) is 7.14. The molecular weight excluding hydrogens is 360 g/mol. The van der Waals surface area contributed by atoms with E-state index in [1.807, 2.05) is 0 Å². The summed E-state index contributed by atoms with van der Waals surface area (Å²) in [4.78, 5) is 11.1. The number of alkyl halides is 3. The maximum absolute atomic E-state index is 13.0. The molecule has 9 heteroatoms. The van der Waals surface area contributed by atoms with Crippen LogP contribution in [0.15, 0.2) is 11.6 Å². The van der Waals surface area contributed by atoms with Gasteiger partial charge in [0, 0.05) is 11.6 Å². The van der Waals surface area contributed by atoms with Crippen molar-refractivity contribution in [1.82, 2.24) is 0 Å². The fourth-order valence-corrected chi connectivity index (χ4v) is 2.59. The summed E-state index contributed by atoms with van der Waals surface area (Å²) in [6, 6.07) is 1.12. The van der Waals surface area contributed by atoms with Crippen LogP contribution in [0.4, 0.5) is 13.2 Å². The molecule has 1 heterocycles. The van der Waals surface area contributed by atoms with E-state index in [0.717, 1.165) is 12.1 Å². The van der Waals surface area contributed by atoms with Gasteiger partial charge in [-0.3, -0.25) is 0 Å². The van der Waals surface area contributed by atoms with Crippen molar-refractivity contribution >= 4 is 35.2 Å². The number of benzene rings is 1. The maximum Gasteiger partial charge on any atom is 0.430 e. The first kappa shape index (κ1) is 17.7. The number of rotatable bonds is 3. The number of carboxylic acid groups (broad SMARTS) is 1. The molecule has 0 aliphatic carbocycles. The largest absolute Gasteiger partial charge is 0.488 e. The zero-order chi connectivity index (χ0) is 17.5. The van der Waals surface area contributed by atoms with Crippen LogP contribution in [0, 0.1) is 0 Å². The zero-order valence-corrected chi connectivity index (χ0v) is 13.4. The molecule has 1 aliphatic rings. The van der Waals surface area contributed by atoms with Crippen LogP contribution in [0.2, 0.25) is 10.0 Å². The van der Waals surface area contributed by atoms with E-state index in [1.54, 1.807) is 13.8 Å². The molecule has 1 aromatic rings. The molecule has 23 heavy (non-hydrogen) atoms. The SMILES string of the molecule is CC(C)Oc1c(Cl)cc2c(c1Cl)C=C(C(=O)O)[C@@H](C(F)(F)F)O2. The highest BCUT2D eigenvalue weighted by Crippen LogP contribution is 2.46. The Labute approximate surface area is 139 Å². The number of ether oxygens (including phenoxy) is 2. The van der Waals surface area contributed by atoms with Crippen LogP contribution in [-0.2, 0) is 4.79 Å². The summed E-state index contributed by atoms with van der Waals surface area (Å²) < 4.78 is 49.1. The summed E-state index contributed by atoms with van der Waals surface area (Å²) in [5, 5.41) is 8.87. The quantitative estimate of drug-likeness (QED) is 0.846. The molecule has 0 fully saturated rings. The van der Waals surface area contributed by atoms with Crippen LogP contribution in [-0.4, -0.2) is 29.5 Å². The molecule has 0 bridgehead atoms. The average molecular weight is 371 g/mol. The van der Waals surface area contributed by atoms with E-state index in [9.17, 15) is 18.0 Å². The van der Waals surface area contributed by atoms with Crippen LogP contribution in [0.5, 0.6) is 11.5 Å². The van der Waals surface area contributed by atoms with Gasteiger partial charge in [-0.2, -0.15) is 13.2 Å². The molecule has 1 aliphatic heterocycles. The molecule has 0 spiro atoms. The van der Waals surface area contributed by atoms with Gasteiger partial charge < -0.3 is 14.6 Å². The number of carboxylic acids is 1. The highest BCUT2D eigenvalue weighted by molar-refractivity contribution is 6.38. The van der Waals surface area contributed by atoms with E-state index in [2.05, 4.69) is 0 Å². The minimum absolute atomic E-state index is 0.0235. The molecular formula is C14H11Cl2F3O4. The summed E-state index contributed by atoms with van der Waals surface area (Å²) in [5.74, 6) is -1.96. The number of carbonyl (C=O) groups is 1. The van der Waals surface area contributed by atoms with Crippen LogP contribution in [0.1, 0.15) is 19.4 Å². The standard InChI is InChI=1S/C14H11Cl2F3O4/c1-5(2)22-11-8(15)4-9-6(10(11)16)3-7(13(20)21)12(23-9)14(17,18)19/h3-5,12H,1-2H3,(H,20,21)/t12-/m0/s1. The Bertz CT molecular complexity index is 684. The van der Waals surface area contributed by atoms with Crippen LogP contribution in [0.3, 0.4) is 0 Å². The van der Waals surface area contributed by atoms with E-state index >= 15 is 0 Å². The second-order valence-corrected chi connectivity index (χ2v) is 5.81. The molecule has 0 radical (unpaired) electrons. The summed E-state index contributed by atoms with van der Waals surface area (Å²) in [5.41, 5.74) is -0.991. The van der Waals surface area contributed by atoms with Crippen molar-refractivity contribution in [1.29, 1.82) is 0 Å². The van der Waals surface area contributed by atoms with Gasteiger partial charge in [0.1, 0.15) is 5.75 Å². The first-order valence-electron chi connectivity index (χ1n) is 6.39. The summed E-state index contributed by atoms with van der Waals surface area (Å²) in [6.07, 6.45) is -6.96. The molecule has 0 aromatic heterocycles. The van der Waals surface area contributed by atoms with Gasteiger partial charge in [-0.25, -0.2) is 4.79 Å². The van der Waals surface area contributed by atoms with Gasteiger partial charge >= 0.3 is 12.1 Å². The zero-order valence-electron chi connectivity index (χ0n) is 11.9. The number of fused-ring (bicyclic) bond motifs is 1. The second-order valence-electron chi connectivity index (χ2n) is 5.02. The van der Waals surface area contributed by atoms with Crippen molar-refractivity contribution in [3.05, 3.63) is 27.2 Å². The normalized spacial score (nSPS) is 17.4. The van der Waals surface area contributed by atoms with Crippen molar-refractivity contribution < 1.29 is 32.5 Å². The van der Waals surface area contributed by atoms with Crippen molar-refractivity contribution in [2.45, 2.75) is 32.2 Å². The van der Waals surface area contributed by atoms with Gasteiger partial charge in [0.15, 0.2) is 5.75 Å². The number of halogens is 5. The lowest BCUT2D eigenvalue weighted by atomic mass is 10.0. The lowest BCUT2D eigenvalue weighted by molar-refractivity contribution is -0.187. The Balaban J connectivity index is 2.62. The van der Waals surface area contributed by atoms with E-state index < -0.39 is 23.8 Å². The van der Waals surface area contributed by atoms with Crippen LogP contribution < -0.4 is 9.47 Å². The summed E-state index contributed by atoms with van der Waals surface area (Å²) >= 11 is 12.1. The lowest BCUT2D eigenvalue weighted by Gasteiger charge is -2.28. The van der Waals surface area contributed by atoms with E-state index in [1.165, 1.54) is 0 Å². The van der Waals surface area contributed by atoms with Gasteiger partial charge in [-0.15, -0.1) is 0 Å². The molecule has 1 N–H and O–H groups in total. The van der Waals surface area contributed by atoms with Gasteiger partial charge in [0.05, 0.1) is 21.7 Å². The van der Waals surface area contributed by atoms with Crippen LogP contribution >= 0.6 is 23.2 Å². The molecule has 0 saturated carbocycles. The molecule has 1 atom stereocenters. The highest BCUT2D eigenvalue weighted by Gasteiger charge is 2.48. The topological polar surface area (TPSA) is 55.8 Å². The predicted octanol–water partition coefficient (Wildman–Crippen LogP) is 4.57. The number of hydrogen-bond acceptors (Lipinski definition) is 3. The van der Waals surface area contributed by atoms with Gasteiger partial charge in [0.2, 0.25) is 6.10 Å². The van der Waals surface area contributed by atoms with Gasteiger partial charge in [0.25, 0.3) is 0 Å². The molecule has 0 unspecified atom stereocenters. The number of aliphatic carboxylic acids is 1. The van der Waals surface area contributed by atoms with E-state index in [0.29, 0.717) is 0 Å². The van der Waals surface area contributed by atoms with Crippen molar-refractivity contribution in [3.8, 4) is 11.5 Å². The Morgan fingerprint density at radius 2 is 2.00 bits per heavy atom. The first-order chi connectivity index (χ1) is 10.5. The monoisotopic (exact) mass is 370 g/mol. The molecule has 4 nitrogen and oxygen atoms in total. The van der Waals surface area contributed by atoms with Gasteiger partial charge in [-0.05, 0) is 19.9 Å². The van der Waals surface area contributed by atoms with Crippen molar-refractivity contribution in [2.24, 2.45) is 0 Å². The van der Waals surface area contributed by atoms with E-state index in [4.69, 9.17) is 37.8 Å². The third-order valence-corrected chi connectivity index (χ3v) is 3.56. The molecule has 0 amide bonds. The molecule has 126 valence electrons. The third kappa shape index (κ3) is 3.50. The smallest absolute Gasteiger partial charge is 0.430 e. The molecule has 2 rings (SSSR count). The molecule has 1 aromatic carbocycles. The Morgan fingerprint density at radius 3 is 2.48 bits per heavy atom. The van der Waals surface area contributed by atoms with Crippen LogP contribution in [0.25, 0.3) is 6.08 Å². The summed E-state index contributed by atoms with van der Waals surface area (Å²) in [7, 11) is 0. The maximum atomic E-state index is 13.0.